The maximum absolute atomic E-state index is 11.6. The molecule has 0 atom stereocenters. The highest BCUT2D eigenvalue weighted by molar-refractivity contribution is 7.86. The van der Waals surface area contributed by atoms with Crippen molar-refractivity contribution in [2.24, 2.45) is 10.4 Å². The van der Waals surface area contributed by atoms with Gasteiger partial charge < -0.3 is 5.11 Å². The molecule has 0 saturated carbocycles. The van der Waals surface area contributed by atoms with Crippen LogP contribution in [0.4, 0.5) is 0 Å². The van der Waals surface area contributed by atoms with Crippen LogP contribution in [0, 0.1) is 0 Å². The summed E-state index contributed by atoms with van der Waals surface area (Å²) in [6.07, 6.45) is 1.33. The first kappa shape index (κ1) is 13.9. The van der Waals surface area contributed by atoms with E-state index in [2.05, 4.69) is 19.7 Å². The zero-order chi connectivity index (χ0) is 14.4. The molecule has 0 saturated heterocycles. The van der Waals surface area contributed by atoms with E-state index in [4.69, 9.17) is 0 Å². The lowest BCUT2D eigenvalue weighted by molar-refractivity contribution is 0.304. The van der Waals surface area contributed by atoms with E-state index < -0.39 is 10.1 Å². The van der Waals surface area contributed by atoms with Crippen LogP contribution in [0.3, 0.4) is 0 Å². The fourth-order valence-electron chi connectivity index (χ4n) is 1.35. The van der Waals surface area contributed by atoms with Crippen LogP contribution >= 0.6 is 0 Å². The summed E-state index contributed by atoms with van der Waals surface area (Å²) < 4.78 is 27.6. The van der Waals surface area contributed by atoms with E-state index in [-0.39, 0.29) is 17.3 Å². The van der Waals surface area contributed by atoms with Gasteiger partial charge in [0.1, 0.15) is 5.75 Å². The minimum absolute atomic E-state index is 0.00438. The van der Waals surface area contributed by atoms with E-state index >= 15 is 0 Å². The molecule has 0 amide bonds. The molecule has 2 aromatic rings. The molecule has 0 aliphatic heterocycles. The molecule has 0 spiro atoms. The summed E-state index contributed by atoms with van der Waals surface area (Å²) in [4.78, 5) is 3.65. The van der Waals surface area contributed by atoms with Gasteiger partial charge in [0.15, 0.2) is 5.03 Å². The van der Waals surface area contributed by atoms with Crippen molar-refractivity contribution in [3.63, 3.8) is 0 Å². The number of rotatable bonds is 5. The molecule has 2 rings (SSSR count). The number of phenols is 1. The van der Waals surface area contributed by atoms with E-state index in [0.29, 0.717) is 5.56 Å². The van der Waals surface area contributed by atoms with E-state index in [1.54, 1.807) is 24.3 Å². The lowest BCUT2D eigenvalue weighted by Gasteiger charge is -2.00. The molecule has 0 aliphatic carbocycles. The average Bonchev–Trinajstić information content (AvgIpc) is 2.46. The highest BCUT2D eigenvalue weighted by Crippen LogP contribution is 2.16. The molecule has 1 aromatic heterocycles. The molecule has 8 heteroatoms. The highest BCUT2D eigenvalue weighted by atomic mass is 32.2. The molecule has 7 nitrogen and oxygen atoms in total. The monoisotopic (exact) mass is 293 g/mol. The van der Waals surface area contributed by atoms with Crippen molar-refractivity contribution in [1.82, 2.24) is 4.98 Å². The first-order valence-electron chi connectivity index (χ1n) is 5.58. The van der Waals surface area contributed by atoms with Gasteiger partial charge in [0.2, 0.25) is 0 Å². The molecule has 0 unspecified atom stereocenters. The second-order valence-corrected chi connectivity index (χ2v) is 5.18. The van der Waals surface area contributed by atoms with E-state index in [9.17, 15) is 13.5 Å². The van der Waals surface area contributed by atoms with Crippen molar-refractivity contribution in [2.45, 2.75) is 11.6 Å². The minimum atomic E-state index is -4.06. The molecule has 1 heterocycles. The summed E-state index contributed by atoms with van der Waals surface area (Å²) in [5.74, 6) is 0.0547. The average molecular weight is 293 g/mol. The number of nitrogens with zero attached hydrogens (tertiary/aromatic N) is 3. The largest absolute Gasteiger partial charge is 0.508 e. The van der Waals surface area contributed by atoms with Crippen molar-refractivity contribution < 1.29 is 17.8 Å². The van der Waals surface area contributed by atoms with Crippen molar-refractivity contribution in [2.75, 3.05) is 0 Å². The lowest BCUT2D eigenvalue weighted by atomic mass is 10.2. The Morgan fingerprint density at radius 1 is 1.15 bits per heavy atom. The Morgan fingerprint density at radius 3 is 2.60 bits per heavy atom. The van der Waals surface area contributed by atoms with Crippen LogP contribution in [0.5, 0.6) is 5.75 Å². The van der Waals surface area contributed by atoms with E-state index in [1.807, 2.05) is 0 Å². The number of hydrogen-bond acceptors (Lipinski definition) is 7. The zero-order valence-corrected chi connectivity index (χ0v) is 11.1. The van der Waals surface area contributed by atoms with Crippen molar-refractivity contribution in [3.05, 3.63) is 54.2 Å². The van der Waals surface area contributed by atoms with Crippen LogP contribution in [-0.2, 0) is 20.9 Å². The third-order valence-corrected chi connectivity index (χ3v) is 3.33. The molecule has 0 aliphatic rings. The van der Waals surface area contributed by atoms with Crippen LogP contribution in [0.2, 0.25) is 0 Å². The van der Waals surface area contributed by atoms with Gasteiger partial charge in [-0.3, -0.25) is 0 Å². The van der Waals surface area contributed by atoms with Gasteiger partial charge in [-0.25, -0.2) is 9.27 Å². The number of aromatic nitrogens is 1. The van der Waals surface area contributed by atoms with Crippen LogP contribution in [0.1, 0.15) is 5.56 Å². The molecule has 1 N–H and O–H groups in total. The van der Waals surface area contributed by atoms with Crippen LogP contribution in [0.15, 0.2) is 64.1 Å². The smallest absolute Gasteiger partial charge is 0.377 e. The predicted octanol–water partition coefficient (Wildman–Crippen LogP) is 2.06. The highest BCUT2D eigenvalue weighted by Gasteiger charge is 2.16. The number of phenolic OH excluding ortho intramolecular Hbond substituents is 1. The fourth-order valence-corrected chi connectivity index (χ4v) is 2.00. The Bertz CT molecular complexity index is 702. The summed E-state index contributed by atoms with van der Waals surface area (Å²) >= 11 is 0. The summed E-state index contributed by atoms with van der Waals surface area (Å²) in [7, 11) is -4.06. The fraction of sp³-hybridized carbons (Fsp3) is 0.0833. The van der Waals surface area contributed by atoms with E-state index in [0.717, 1.165) is 0 Å². The topological polar surface area (TPSA) is 101 Å². The first-order valence-corrected chi connectivity index (χ1v) is 6.99. The number of para-hydroxylation sites is 1. The van der Waals surface area contributed by atoms with Crippen LogP contribution in [-0.4, -0.2) is 18.5 Å². The zero-order valence-electron chi connectivity index (χ0n) is 10.2. The molecule has 104 valence electrons. The Morgan fingerprint density at radius 2 is 1.90 bits per heavy atom. The lowest BCUT2D eigenvalue weighted by Crippen LogP contribution is -2.03. The van der Waals surface area contributed by atoms with Crippen LogP contribution < -0.4 is 0 Å². The van der Waals surface area contributed by atoms with Gasteiger partial charge >= 0.3 is 10.1 Å². The Balaban J connectivity index is 1.99. The number of benzene rings is 1. The standard InChI is InChI=1S/C12H11N3O4S/c16-11-6-2-1-5-10(11)9-14-15-19-20(17,18)12-7-3-4-8-13-12/h1-8,16H,9H2. The predicted molar refractivity (Wildman–Crippen MR) is 69.2 cm³/mol. The van der Waals surface area contributed by atoms with Crippen molar-refractivity contribution >= 4 is 10.1 Å². The molecular formula is C12H11N3O4S. The second kappa shape index (κ2) is 6.11. The van der Waals surface area contributed by atoms with Crippen LogP contribution in [0.25, 0.3) is 0 Å². The summed E-state index contributed by atoms with van der Waals surface area (Å²) in [6.45, 7) is 0.00438. The van der Waals surface area contributed by atoms with Gasteiger partial charge in [-0.2, -0.15) is 8.42 Å². The maximum Gasteiger partial charge on any atom is 0.377 e. The Kier molecular flexibility index (Phi) is 4.26. The molecule has 0 fully saturated rings. The summed E-state index contributed by atoms with van der Waals surface area (Å²) in [6, 6.07) is 10.9. The van der Waals surface area contributed by atoms with Crippen molar-refractivity contribution in [1.29, 1.82) is 0 Å². The third kappa shape index (κ3) is 3.51. The van der Waals surface area contributed by atoms with Gasteiger partial charge in [0.25, 0.3) is 0 Å². The molecule has 0 radical (unpaired) electrons. The summed E-state index contributed by atoms with van der Waals surface area (Å²) in [5, 5.41) is 15.9. The van der Waals surface area contributed by atoms with Gasteiger partial charge in [0.05, 0.1) is 6.54 Å². The van der Waals surface area contributed by atoms with E-state index in [1.165, 1.54) is 24.4 Å². The SMILES string of the molecule is O=S(=O)(ON=NCc1ccccc1O)c1ccccn1. The number of aromatic hydroxyl groups is 1. The Labute approximate surface area is 115 Å². The normalized spacial score (nSPS) is 11.6. The summed E-state index contributed by atoms with van der Waals surface area (Å²) in [5.41, 5.74) is 0.509. The molecule has 20 heavy (non-hydrogen) atoms. The maximum atomic E-state index is 11.6. The number of pyridine rings is 1. The second-order valence-electron chi connectivity index (χ2n) is 3.71. The quantitative estimate of drug-likeness (QED) is 0.671. The van der Waals surface area contributed by atoms with Gasteiger partial charge in [-0.15, -0.1) is 5.11 Å². The van der Waals surface area contributed by atoms with Gasteiger partial charge in [-0.05, 0) is 18.2 Å². The van der Waals surface area contributed by atoms with Crippen molar-refractivity contribution in [3.8, 4) is 5.75 Å². The van der Waals surface area contributed by atoms with Gasteiger partial charge in [-0.1, -0.05) is 24.3 Å². The molecule has 0 bridgehead atoms. The molecule has 1 aromatic carbocycles. The third-order valence-electron chi connectivity index (χ3n) is 2.32. The molecular weight excluding hydrogens is 282 g/mol. The minimum Gasteiger partial charge on any atom is -0.508 e. The first-order chi connectivity index (χ1) is 9.59. The number of hydrogen-bond donors (Lipinski definition) is 1. The Hall–Kier alpha value is -2.48. The van der Waals surface area contributed by atoms with Gasteiger partial charge in [0, 0.05) is 17.0 Å².